The molecule has 0 radical (unpaired) electrons. The van der Waals surface area contributed by atoms with Crippen molar-refractivity contribution in [1.82, 2.24) is 0 Å². The van der Waals surface area contributed by atoms with Gasteiger partial charge in [-0.15, -0.1) is 0 Å². The van der Waals surface area contributed by atoms with Crippen molar-refractivity contribution in [2.75, 3.05) is 13.2 Å². The number of fused-ring (bicyclic) bond motifs is 1. The molecule has 3 nitrogen and oxygen atoms in total. The summed E-state index contributed by atoms with van der Waals surface area (Å²) in [6, 6.07) is 3.70. The monoisotopic (exact) mass is 255 g/mol. The molecule has 1 aliphatic rings. The number of ether oxygens (including phenoxy) is 2. The van der Waals surface area contributed by atoms with Crippen molar-refractivity contribution in [2.45, 2.75) is 32.2 Å². The van der Waals surface area contributed by atoms with E-state index in [0.717, 1.165) is 36.3 Å². The molecule has 1 heterocycles. The van der Waals surface area contributed by atoms with Gasteiger partial charge in [-0.2, -0.15) is 0 Å². The van der Waals surface area contributed by atoms with Crippen LogP contribution >= 0.6 is 11.6 Å². The average molecular weight is 256 g/mol. The topological polar surface area (TPSA) is 44.5 Å². The van der Waals surface area contributed by atoms with E-state index in [-0.39, 0.29) is 6.04 Å². The van der Waals surface area contributed by atoms with Crippen LogP contribution in [0.1, 0.15) is 37.8 Å². The van der Waals surface area contributed by atoms with Crippen LogP contribution in [0.25, 0.3) is 0 Å². The summed E-state index contributed by atoms with van der Waals surface area (Å²) in [5.74, 6) is 1.48. The van der Waals surface area contributed by atoms with Crippen LogP contribution in [0.4, 0.5) is 0 Å². The van der Waals surface area contributed by atoms with E-state index in [2.05, 4.69) is 6.92 Å². The summed E-state index contributed by atoms with van der Waals surface area (Å²) in [6.45, 7) is 3.46. The maximum atomic E-state index is 6.23. The molecule has 0 spiro atoms. The molecule has 2 N–H and O–H groups in total. The second-order valence-electron chi connectivity index (χ2n) is 4.27. The van der Waals surface area contributed by atoms with Crippen LogP contribution in [0.15, 0.2) is 12.1 Å². The highest BCUT2D eigenvalue weighted by molar-refractivity contribution is 6.31. The highest BCUT2D eigenvalue weighted by atomic mass is 35.5. The molecular weight excluding hydrogens is 238 g/mol. The molecule has 1 unspecified atom stereocenters. The predicted octanol–water partition coefficient (Wildman–Crippen LogP) is 3.30. The molecule has 1 aromatic carbocycles. The summed E-state index contributed by atoms with van der Waals surface area (Å²) in [5.41, 5.74) is 7.04. The normalized spacial score (nSPS) is 16.4. The Balaban J connectivity index is 2.31. The second-order valence-corrected chi connectivity index (χ2v) is 4.67. The first-order valence-electron chi connectivity index (χ1n) is 6.07. The zero-order valence-electron chi connectivity index (χ0n) is 10.0. The zero-order chi connectivity index (χ0) is 12.3. The van der Waals surface area contributed by atoms with Crippen molar-refractivity contribution in [1.29, 1.82) is 0 Å². The van der Waals surface area contributed by atoms with Gasteiger partial charge in [-0.3, -0.25) is 0 Å². The first kappa shape index (κ1) is 12.5. The van der Waals surface area contributed by atoms with Crippen molar-refractivity contribution in [3.8, 4) is 11.5 Å². The lowest BCUT2D eigenvalue weighted by molar-refractivity contribution is 0.297. The number of nitrogens with two attached hydrogens (primary N) is 1. The first-order chi connectivity index (χ1) is 8.22. The van der Waals surface area contributed by atoms with Crippen LogP contribution in [-0.4, -0.2) is 13.2 Å². The van der Waals surface area contributed by atoms with Crippen molar-refractivity contribution < 1.29 is 9.47 Å². The standard InChI is InChI=1S/C13H18ClNO2/c1-2-4-11(15)9-7-12-13(8-10(9)14)17-6-3-5-16-12/h7-8,11H,2-6,15H2,1H3. The molecule has 1 atom stereocenters. The Morgan fingerprint density at radius 1 is 1.29 bits per heavy atom. The van der Waals surface area contributed by atoms with Gasteiger partial charge in [-0.05, 0) is 18.1 Å². The van der Waals surface area contributed by atoms with Crippen LogP contribution in [0.5, 0.6) is 11.5 Å². The van der Waals surface area contributed by atoms with E-state index in [1.54, 1.807) is 0 Å². The number of hydrogen-bond donors (Lipinski definition) is 1. The number of rotatable bonds is 3. The fourth-order valence-electron chi connectivity index (χ4n) is 1.95. The average Bonchev–Trinajstić information content (AvgIpc) is 2.52. The maximum Gasteiger partial charge on any atom is 0.162 e. The van der Waals surface area contributed by atoms with Crippen LogP contribution < -0.4 is 15.2 Å². The second kappa shape index (κ2) is 5.61. The Bertz CT molecular complexity index is 395. The summed E-state index contributed by atoms with van der Waals surface area (Å²) in [7, 11) is 0. The quantitative estimate of drug-likeness (QED) is 0.901. The molecule has 0 saturated heterocycles. The van der Waals surface area contributed by atoms with Gasteiger partial charge in [0.15, 0.2) is 11.5 Å². The largest absolute Gasteiger partial charge is 0.490 e. The van der Waals surface area contributed by atoms with Gasteiger partial charge in [-0.1, -0.05) is 24.9 Å². The minimum Gasteiger partial charge on any atom is -0.490 e. The lowest BCUT2D eigenvalue weighted by atomic mass is 10.0. The van der Waals surface area contributed by atoms with Gasteiger partial charge >= 0.3 is 0 Å². The van der Waals surface area contributed by atoms with E-state index in [1.165, 1.54) is 0 Å². The van der Waals surface area contributed by atoms with Gasteiger partial charge in [0, 0.05) is 23.6 Å². The molecule has 0 saturated carbocycles. The van der Waals surface area contributed by atoms with E-state index in [1.807, 2.05) is 12.1 Å². The molecule has 4 heteroatoms. The molecule has 17 heavy (non-hydrogen) atoms. The minimum absolute atomic E-state index is 0.0374. The van der Waals surface area contributed by atoms with Gasteiger partial charge in [0.05, 0.1) is 13.2 Å². The van der Waals surface area contributed by atoms with Crippen molar-refractivity contribution >= 4 is 11.6 Å². The van der Waals surface area contributed by atoms with Gasteiger partial charge < -0.3 is 15.2 Å². The molecule has 0 amide bonds. The molecule has 0 aliphatic carbocycles. The molecular formula is C13H18ClNO2. The smallest absolute Gasteiger partial charge is 0.162 e. The third-order valence-electron chi connectivity index (χ3n) is 2.87. The van der Waals surface area contributed by atoms with E-state index < -0.39 is 0 Å². The Morgan fingerprint density at radius 3 is 2.59 bits per heavy atom. The Labute approximate surface area is 107 Å². The van der Waals surface area contributed by atoms with E-state index in [0.29, 0.717) is 18.2 Å². The number of halogens is 1. The van der Waals surface area contributed by atoms with Crippen molar-refractivity contribution in [3.05, 3.63) is 22.7 Å². The molecule has 0 fully saturated rings. The lowest BCUT2D eigenvalue weighted by Gasteiger charge is -2.16. The molecule has 1 aliphatic heterocycles. The van der Waals surface area contributed by atoms with Crippen LogP contribution in [-0.2, 0) is 0 Å². The number of hydrogen-bond acceptors (Lipinski definition) is 3. The summed E-state index contributed by atoms with van der Waals surface area (Å²) in [4.78, 5) is 0. The summed E-state index contributed by atoms with van der Waals surface area (Å²) in [6.07, 6.45) is 2.84. The molecule has 94 valence electrons. The summed E-state index contributed by atoms with van der Waals surface area (Å²) >= 11 is 6.23. The molecule has 1 aromatic rings. The van der Waals surface area contributed by atoms with Crippen LogP contribution in [0, 0.1) is 0 Å². The Hall–Kier alpha value is -0.930. The highest BCUT2D eigenvalue weighted by Crippen LogP contribution is 2.37. The Morgan fingerprint density at radius 2 is 1.94 bits per heavy atom. The SMILES string of the molecule is CCCC(N)c1cc2c(cc1Cl)OCCCO2. The van der Waals surface area contributed by atoms with Crippen LogP contribution in [0.3, 0.4) is 0 Å². The maximum absolute atomic E-state index is 6.23. The zero-order valence-corrected chi connectivity index (χ0v) is 10.8. The van der Waals surface area contributed by atoms with Crippen molar-refractivity contribution in [2.24, 2.45) is 5.73 Å². The predicted molar refractivity (Wildman–Crippen MR) is 68.9 cm³/mol. The fourth-order valence-corrected chi connectivity index (χ4v) is 2.24. The fraction of sp³-hybridized carbons (Fsp3) is 0.538. The van der Waals surface area contributed by atoms with Gasteiger partial charge in [0.25, 0.3) is 0 Å². The van der Waals surface area contributed by atoms with E-state index in [4.69, 9.17) is 26.8 Å². The van der Waals surface area contributed by atoms with Gasteiger partial charge in [-0.25, -0.2) is 0 Å². The van der Waals surface area contributed by atoms with Gasteiger partial charge in [0.1, 0.15) is 0 Å². The van der Waals surface area contributed by atoms with E-state index >= 15 is 0 Å². The highest BCUT2D eigenvalue weighted by Gasteiger charge is 2.17. The number of benzene rings is 1. The molecule has 2 rings (SSSR count). The minimum atomic E-state index is -0.0374. The first-order valence-corrected chi connectivity index (χ1v) is 6.44. The molecule has 0 bridgehead atoms. The summed E-state index contributed by atoms with van der Waals surface area (Å²) < 4.78 is 11.2. The molecule has 0 aromatic heterocycles. The lowest BCUT2D eigenvalue weighted by Crippen LogP contribution is -2.10. The van der Waals surface area contributed by atoms with Crippen LogP contribution in [0.2, 0.25) is 5.02 Å². The third-order valence-corrected chi connectivity index (χ3v) is 3.19. The van der Waals surface area contributed by atoms with Crippen molar-refractivity contribution in [3.63, 3.8) is 0 Å². The Kier molecular flexibility index (Phi) is 4.13. The van der Waals surface area contributed by atoms with Gasteiger partial charge in [0.2, 0.25) is 0 Å². The van der Waals surface area contributed by atoms with E-state index in [9.17, 15) is 0 Å². The third kappa shape index (κ3) is 2.85. The summed E-state index contributed by atoms with van der Waals surface area (Å²) in [5, 5.41) is 0.662.